The maximum absolute atomic E-state index is 9.25. The first kappa shape index (κ1) is 14.0. The molecule has 0 radical (unpaired) electrons. The maximum atomic E-state index is 9.25. The molecule has 0 aliphatic heterocycles. The topological polar surface area (TPSA) is 40.5 Å². The van der Waals surface area contributed by atoms with Crippen molar-refractivity contribution in [2.24, 2.45) is 0 Å². The Morgan fingerprint density at radius 3 is 2.08 bits per heavy atom. The molecule has 0 saturated heterocycles. The van der Waals surface area contributed by atoms with Crippen LogP contribution in [0.4, 0.5) is 0 Å². The average Bonchev–Trinajstić information content (AvgIpc) is 2.04. The third-order valence-electron chi connectivity index (χ3n) is 1.07. The lowest BCUT2D eigenvalue weighted by Gasteiger charge is -2.13. The molecule has 12 heavy (non-hydrogen) atoms. The van der Waals surface area contributed by atoms with Crippen LogP contribution in [0.25, 0.3) is 0 Å². The summed E-state index contributed by atoms with van der Waals surface area (Å²) in [5, 5.41) is 7.60. The van der Waals surface area contributed by atoms with Crippen LogP contribution in [0.5, 0.6) is 0 Å². The van der Waals surface area contributed by atoms with Crippen molar-refractivity contribution in [1.29, 1.82) is 0 Å². The van der Waals surface area contributed by atoms with Crippen LogP contribution in [0, 0.1) is 0 Å². The number of carbonyl (C=O) groups is 1. The number of hydrogen-bond donors (Lipinski definition) is 1. The average molecular weight is 194 g/mol. The Morgan fingerprint density at radius 2 is 2.08 bits per heavy atom. The predicted molar refractivity (Wildman–Crippen MR) is 51.5 cm³/mol. The van der Waals surface area contributed by atoms with E-state index in [1.54, 1.807) is 0 Å². The molecule has 0 fully saturated rings. The van der Waals surface area contributed by atoms with Crippen LogP contribution in [-0.2, 0) is 4.79 Å². The Hall–Kier alpha value is -0.540. The van der Waals surface area contributed by atoms with Gasteiger partial charge in [0.25, 0.3) is 0 Å². The zero-order valence-electron chi connectivity index (χ0n) is 7.75. The number of alkyl halides is 1. The molecular formula is C8H16ClNO2. The van der Waals surface area contributed by atoms with E-state index >= 15 is 0 Å². The molecule has 0 aliphatic carbocycles. The quantitative estimate of drug-likeness (QED) is 0.422. The van der Waals surface area contributed by atoms with Crippen LogP contribution in [0.2, 0.25) is 0 Å². The molecule has 1 atom stereocenters. The van der Waals surface area contributed by atoms with Gasteiger partial charge in [0.2, 0.25) is 0 Å². The summed E-state index contributed by atoms with van der Waals surface area (Å²) in [5.74, 6) is -0.981. The fraction of sp³-hybridized carbons (Fsp3) is 0.625. The molecule has 0 spiro atoms. The second kappa shape index (κ2) is 8.56. The molecule has 0 amide bonds. The molecule has 3 nitrogen and oxygen atoms in total. The van der Waals surface area contributed by atoms with Crippen molar-refractivity contribution in [3.63, 3.8) is 0 Å². The molecule has 0 heterocycles. The standard InChI is InChI=1S/C5H12ClN.C3H4O2/c1-4-5(6)7(2)3;1-2-3(4)5/h5H,4H2,1-3H3;2H,1H2,(H,4,5). The first-order valence-corrected chi connectivity index (χ1v) is 4.05. The van der Waals surface area contributed by atoms with Crippen LogP contribution < -0.4 is 0 Å². The zero-order chi connectivity index (χ0) is 10.1. The van der Waals surface area contributed by atoms with Gasteiger partial charge in [-0.15, -0.1) is 11.6 Å². The van der Waals surface area contributed by atoms with Gasteiger partial charge >= 0.3 is 5.97 Å². The summed E-state index contributed by atoms with van der Waals surface area (Å²) in [7, 11) is 3.95. The summed E-state index contributed by atoms with van der Waals surface area (Å²) in [6.07, 6.45) is 1.84. The molecule has 1 unspecified atom stereocenters. The smallest absolute Gasteiger partial charge is 0.327 e. The van der Waals surface area contributed by atoms with Crippen molar-refractivity contribution in [1.82, 2.24) is 4.90 Å². The van der Waals surface area contributed by atoms with E-state index in [0.29, 0.717) is 0 Å². The number of halogens is 1. The van der Waals surface area contributed by atoms with Gasteiger partial charge in [-0.3, -0.25) is 4.90 Å². The summed E-state index contributed by atoms with van der Waals surface area (Å²) in [5.41, 5.74) is 0.208. The molecule has 0 aromatic carbocycles. The van der Waals surface area contributed by atoms with Gasteiger partial charge < -0.3 is 5.11 Å². The Bertz CT molecular complexity index is 137. The Morgan fingerprint density at radius 1 is 1.75 bits per heavy atom. The van der Waals surface area contributed by atoms with Gasteiger partial charge in [-0.2, -0.15) is 0 Å². The minimum atomic E-state index is -0.981. The maximum Gasteiger partial charge on any atom is 0.327 e. The van der Waals surface area contributed by atoms with Gasteiger partial charge in [0, 0.05) is 6.08 Å². The van der Waals surface area contributed by atoms with Crippen molar-refractivity contribution in [2.75, 3.05) is 14.1 Å². The third kappa shape index (κ3) is 12.2. The van der Waals surface area contributed by atoms with Crippen molar-refractivity contribution in [3.05, 3.63) is 12.7 Å². The minimum Gasteiger partial charge on any atom is -0.478 e. The molecule has 1 N–H and O–H groups in total. The number of rotatable bonds is 3. The highest BCUT2D eigenvalue weighted by atomic mass is 35.5. The number of carboxylic acid groups (broad SMARTS) is 1. The normalized spacial score (nSPS) is 11.4. The summed E-state index contributed by atoms with van der Waals surface area (Å²) >= 11 is 5.73. The van der Waals surface area contributed by atoms with Gasteiger partial charge in [0.15, 0.2) is 0 Å². The molecule has 0 bridgehead atoms. The fourth-order valence-corrected chi connectivity index (χ4v) is 0.365. The number of aliphatic carboxylic acids is 1. The van der Waals surface area contributed by atoms with Gasteiger partial charge in [-0.05, 0) is 20.5 Å². The molecule has 4 heteroatoms. The summed E-state index contributed by atoms with van der Waals surface area (Å²) in [4.78, 5) is 11.2. The van der Waals surface area contributed by atoms with Gasteiger partial charge in [-0.1, -0.05) is 13.5 Å². The fourth-order valence-electron chi connectivity index (χ4n) is 0.365. The Kier molecular flexibility index (Phi) is 9.99. The highest BCUT2D eigenvalue weighted by Crippen LogP contribution is 2.01. The Labute approximate surface area is 78.6 Å². The van der Waals surface area contributed by atoms with E-state index in [-0.39, 0.29) is 5.50 Å². The van der Waals surface area contributed by atoms with Crippen LogP contribution in [-0.4, -0.2) is 35.6 Å². The Balaban J connectivity index is 0. The molecule has 0 aromatic rings. The van der Waals surface area contributed by atoms with Crippen LogP contribution >= 0.6 is 11.6 Å². The summed E-state index contributed by atoms with van der Waals surface area (Å²) in [6, 6.07) is 0. The predicted octanol–water partition coefficient (Wildman–Crippen LogP) is 1.78. The third-order valence-corrected chi connectivity index (χ3v) is 1.77. The van der Waals surface area contributed by atoms with Gasteiger partial charge in [0.05, 0.1) is 5.50 Å². The first-order chi connectivity index (χ1) is 5.45. The molecule has 0 saturated carbocycles. The second-order valence-corrected chi connectivity index (χ2v) is 2.85. The zero-order valence-corrected chi connectivity index (χ0v) is 8.51. The monoisotopic (exact) mass is 193 g/mol. The van der Waals surface area contributed by atoms with E-state index in [4.69, 9.17) is 16.7 Å². The molecule has 0 rings (SSSR count). The minimum absolute atomic E-state index is 0.208. The van der Waals surface area contributed by atoms with Crippen molar-refractivity contribution < 1.29 is 9.90 Å². The van der Waals surface area contributed by atoms with E-state index < -0.39 is 5.97 Å². The van der Waals surface area contributed by atoms with Crippen LogP contribution in [0.15, 0.2) is 12.7 Å². The van der Waals surface area contributed by atoms with E-state index in [1.165, 1.54) is 0 Å². The summed E-state index contributed by atoms with van der Waals surface area (Å²) in [6.45, 7) is 5.03. The highest BCUT2D eigenvalue weighted by Gasteiger charge is 1.99. The van der Waals surface area contributed by atoms with Gasteiger partial charge in [0.1, 0.15) is 0 Å². The number of nitrogens with zero attached hydrogens (tertiary/aromatic N) is 1. The number of carboxylic acids is 1. The molecule has 0 aromatic heterocycles. The first-order valence-electron chi connectivity index (χ1n) is 3.61. The van der Waals surface area contributed by atoms with Crippen LogP contribution in [0.3, 0.4) is 0 Å². The largest absolute Gasteiger partial charge is 0.478 e. The van der Waals surface area contributed by atoms with E-state index in [2.05, 4.69) is 13.5 Å². The van der Waals surface area contributed by atoms with Crippen molar-refractivity contribution >= 4 is 17.6 Å². The lowest BCUT2D eigenvalue weighted by atomic mass is 10.4. The van der Waals surface area contributed by atoms with Crippen molar-refractivity contribution in [3.8, 4) is 0 Å². The summed E-state index contributed by atoms with van der Waals surface area (Å²) < 4.78 is 0. The van der Waals surface area contributed by atoms with E-state index in [9.17, 15) is 4.79 Å². The number of hydrogen-bond acceptors (Lipinski definition) is 2. The van der Waals surface area contributed by atoms with Crippen molar-refractivity contribution in [2.45, 2.75) is 18.8 Å². The van der Waals surface area contributed by atoms with E-state index in [0.717, 1.165) is 12.5 Å². The SMILES string of the molecule is C=CC(=O)O.CCC(Cl)N(C)C. The molecular weight excluding hydrogens is 178 g/mol. The highest BCUT2D eigenvalue weighted by molar-refractivity contribution is 6.20. The molecule has 72 valence electrons. The lowest BCUT2D eigenvalue weighted by Crippen LogP contribution is -2.20. The molecule has 0 aliphatic rings. The lowest BCUT2D eigenvalue weighted by molar-refractivity contribution is -0.131. The van der Waals surface area contributed by atoms with Crippen LogP contribution in [0.1, 0.15) is 13.3 Å². The van der Waals surface area contributed by atoms with Gasteiger partial charge in [-0.25, -0.2) is 4.79 Å². The van der Waals surface area contributed by atoms with E-state index in [1.807, 2.05) is 19.0 Å². The second-order valence-electron chi connectivity index (χ2n) is 2.35.